The highest BCUT2D eigenvalue weighted by molar-refractivity contribution is 6.51. The zero-order chi connectivity index (χ0) is 28.5. The van der Waals surface area contributed by atoms with Gasteiger partial charge in [-0.1, -0.05) is 12.1 Å². The van der Waals surface area contributed by atoms with Crippen molar-refractivity contribution in [2.45, 2.75) is 58.3 Å². The van der Waals surface area contributed by atoms with Gasteiger partial charge in [0, 0.05) is 64.2 Å². The van der Waals surface area contributed by atoms with Crippen molar-refractivity contribution in [2.75, 3.05) is 27.2 Å². The third-order valence-electron chi connectivity index (χ3n) is 7.30. The van der Waals surface area contributed by atoms with Crippen molar-refractivity contribution in [2.24, 2.45) is 0 Å². The van der Waals surface area contributed by atoms with E-state index in [1.165, 1.54) is 18.4 Å². The first kappa shape index (κ1) is 28.6. The van der Waals surface area contributed by atoms with E-state index >= 15 is 4.39 Å². The summed E-state index contributed by atoms with van der Waals surface area (Å²) < 4.78 is 29.5. The van der Waals surface area contributed by atoms with Crippen LogP contribution in [0.5, 0.6) is 0 Å². The molecular weight excluding hydrogens is 502 g/mol. The second-order valence-corrected chi connectivity index (χ2v) is 11.0. The highest BCUT2D eigenvalue weighted by Gasteiger charge is 2.36. The summed E-state index contributed by atoms with van der Waals surface area (Å²) in [5.41, 5.74) is -0.621. The van der Waals surface area contributed by atoms with Crippen LogP contribution in [0.4, 0.5) is 4.39 Å². The van der Waals surface area contributed by atoms with Crippen molar-refractivity contribution in [3.05, 3.63) is 53.8 Å². The summed E-state index contributed by atoms with van der Waals surface area (Å²) in [6.45, 7) is 8.01. The lowest BCUT2D eigenvalue weighted by Crippen LogP contribution is -2.49. The Bertz CT molecular complexity index is 1390. The van der Waals surface area contributed by atoms with E-state index in [1.54, 1.807) is 75.9 Å². The number of aliphatic hydroxyl groups is 1. The number of amides is 2. The molecule has 0 saturated carbocycles. The van der Waals surface area contributed by atoms with Crippen molar-refractivity contribution in [3.8, 4) is 0 Å². The van der Waals surface area contributed by atoms with Gasteiger partial charge in [-0.2, -0.15) is 5.10 Å². The number of aryl methyl sites for hydroxylation is 1. The first-order valence-electron chi connectivity index (χ1n) is 12.9. The smallest absolute Gasteiger partial charge is 0.334 e. The van der Waals surface area contributed by atoms with Crippen LogP contribution in [-0.4, -0.2) is 82.4 Å². The van der Waals surface area contributed by atoms with E-state index < -0.39 is 22.9 Å². The second kappa shape index (κ2) is 11.0. The molecule has 9 nitrogen and oxygen atoms in total. The molecule has 4 rings (SSSR count). The van der Waals surface area contributed by atoms with Gasteiger partial charge in [-0.3, -0.25) is 14.3 Å². The molecule has 0 saturated heterocycles. The van der Waals surface area contributed by atoms with E-state index in [2.05, 4.69) is 5.10 Å². The van der Waals surface area contributed by atoms with Crippen molar-refractivity contribution >= 4 is 41.3 Å². The first-order valence-corrected chi connectivity index (χ1v) is 12.9. The molecule has 11 heteroatoms. The standard InChI is InChI=1S/C28H35BFN4O5/c1-27(2,37)28(3,4)39-29-21-15-19(24(30)20-16-22(38-25(20)21)26(36)32(5)6)18-9-7-12-33(17-18)23(35)10-14-34-13-8-11-31-34/h8-9,11,13,15-16,37H,7,10,12,14,17H2,1-6H3. The van der Waals surface area contributed by atoms with Crippen LogP contribution in [0.15, 0.2) is 41.1 Å². The number of hydrogen-bond donors (Lipinski definition) is 1. The van der Waals surface area contributed by atoms with E-state index in [0.717, 1.165) is 0 Å². The molecule has 1 radical (unpaired) electrons. The van der Waals surface area contributed by atoms with Crippen LogP contribution in [0, 0.1) is 5.82 Å². The summed E-state index contributed by atoms with van der Waals surface area (Å²) in [5.74, 6) is -0.985. The number of halogens is 1. The van der Waals surface area contributed by atoms with Gasteiger partial charge in [-0.05, 0) is 51.2 Å². The molecule has 1 aliphatic rings. The minimum atomic E-state index is -1.18. The predicted octanol–water partition coefficient (Wildman–Crippen LogP) is 2.99. The Morgan fingerprint density at radius 1 is 1.26 bits per heavy atom. The van der Waals surface area contributed by atoms with Gasteiger partial charge in [0.15, 0.2) is 5.76 Å². The number of carbonyl (C=O) groups is 2. The third kappa shape index (κ3) is 6.09. The van der Waals surface area contributed by atoms with Gasteiger partial charge >= 0.3 is 7.48 Å². The van der Waals surface area contributed by atoms with Gasteiger partial charge in [-0.15, -0.1) is 0 Å². The van der Waals surface area contributed by atoms with Gasteiger partial charge in [0.25, 0.3) is 5.91 Å². The van der Waals surface area contributed by atoms with Crippen molar-refractivity contribution in [3.63, 3.8) is 0 Å². The van der Waals surface area contributed by atoms with Crippen molar-refractivity contribution < 1.29 is 28.2 Å². The molecule has 0 unspecified atom stereocenters. The number of carbonyl (C=O) groups excluding carboxylic acids is 2. The summed E-state index contributed by atoms with van der Waals surface area (Å²) in [5, 5.41) is 14.8. The molecule has 1 N–H and O–H groups in total. The monoisotopic (exact) mass is 537 g/mol. The number of fused-ring (bicyclic) bond motifs is 1. The van der Waals surface area contributed by atoms with Crippen LogP contribution in [0.1, 0.15) is 56.7 Å². The highest BCUT2D eigenvalue weighted by atomic mass is 19.1. The lowest BCUT2D eigenvalue weighted by molar-refractivity contribution is -0.131. The minimum Gasteiger partial charge on any atom is -0.451 e. The molecule has 2 aromatic heterocycles. The SMILES string of the molecule is CN(C)C(=O)c1cc2c(F)c(C3=CCCN(C(=O)CCn4cccn4)C3)cc([B]OC(C)(C)C(C)(C)O)c2o1. The summed E-state index contributed by atoms with van der Waals surface area (Å²) in [4.78, 5) is 28.6. The van der Waals surface area contributed by atoms with Crippen LogP contribution in [0.25, 0.3) is 16.5 Å². The van der Waals surface area contributed by atoms with E-state index in [9.17, 15) is 14.7 Å². The topological polar surface area (TPSA) is 101 Å². The summed E-state index contributed by atoms with van der Waals surface area (Å²) >= 11 is 0. The summed E-state index contributed by atoms with van der Waals surface area (Å²) in [6, 6.07) is 4.81. The van der Waals surface area contributed by atoms with E-state index in [1.807, 2.05) is 6.08 Å². The molecular formula is C28H35BFN4O5. The molecule has 0 aliphatic carbocycles. The largest absolute Gasteiger partial charge is 0.451 e. The Morgan fingerprint density at radius 2 is 2.00 bits per heavy atom. The van der Waals surface area contributed by atoms with Crippen molar-refractivity contribution in [1.29, 1.82) is 0 Å². The number of furan rings is 1. The Labute approximate surface area is 228 Å². The molecule has 2 amide bonds. The Morgan fingerprint density at radius 3 is 2.64 bits per heavy atom. The molecule has 0 atom stereocenters. The lowest BCUT2D eigenvalue weighted by Gasteiger charge is -2.37. The number of aromatic nitrogens is 2. The maximum Gasteiger partial charge on any atom is 0.334 e. The average Bonchev–Trinajstić information content (AvgIpc) is 3.56. The average molecular weight is 537 g/mol. The fraction of sp³-hybridized carbons (Fsp3) is 0.464. The van der Waals surface area contributed by atoms with Crippen LogP contribution in [0.3, 0.4) is 0 Å². The maximum absolute atomic E-state index is 16.0. The van der Waals surface area contributed by atoms with Crippen LogP contribution < -0.4 is 5.46 Å². The van der Waals surface area contributed by atoms with Crippen LogP contribution >= 0.6 is 0 Å². The Hall–Kier alpha value is -3.44. The second-order valence-electron chi connectivity index (χ2n) is 11.0. The fourth-order valence-electron chi connectivity index (χ4n) is 4.15. The molecule has 207 valence electrons. The number of nitrogens with zero attached hydrogens (tertiary/aromatic N) is 4. The van der Waals surface area contributed by atoms with Crippen molar-refractivity contribution in [1.82, 2.24) is 19.6 Å². The molecule has 0 bridgehead atoms. The molecule has 3 aromatic rings. The molecule has 0 spiro atoms. The van der Waals surface area contributed by atoms with Gasteiger partial charge in [-0.25, -0.2) is 4.39 Å². The highest BCUT2D eigenvalue weighted by Crippen LogP contribution is 2.31. The third-order valence-corrected chi connectivity index (χ3v) is 7.30. The van der Waals surface area contributed by atoms with Crippen LogP contribution in [0.2, 0.25) is 0 Å². The predicted molar refractivity (Wildman–Crippen MR) is 147 cm³/mol. The number of hydrogen-bond acceptors (Lipinski definition) is 6. The normalized spacial score (nSPS) is 14.5. The maximum atomic E-state index is 16.0. The first-order chi connectivity index (χ1) is 18.3. The molecule has 39 heavy (non-hydrogen) atoms. The summed E-state index contributed by atoms with van der Waals surface area (Å²) in [7, 11) is 4.60. The van der Waals surface area contributed by atoms with E-state index in [0.29, 0.717) is 36.1 Å². The number of benzene rings is 1. The van der Waals surface area contributed by atoms with Gasteiger partial charge in [0.1, 0.15) is 11.4 Å². The fourth-order valence-corrected chi connectivity index (χ4v) is 4.15. The zero-order valence-corrected chi connectivity index (χ0v) is 23.3. The molecule has 0 fully saturated rings. The van der Waals surface area contributed by atoms with Gasteiger partial charge in [0.2, 0.25) is 5.91 Å². The molecule has 1 aliphatic heterocycles. The molecule has 1 aromatic carbocycles. The number of rotatable bonds is 9. The van der Waals surface area contributed by atoms with Gasteiger partial charge < -0.3 is 24.0 Å². The molecule has 3 heterocycles. The Balaban J connectivity index is 1.67. The Kier molecular flexibility index (Phi) is 8.04. The lowest BCUT2D eigenvalue weighted by atomic mass is 9.80. The van der Waals surface area contributed by atoms with Crippen LogP contribution in [-0.2, 0) is 16.0 Å². The van der Waals surface area contributed by atoms with Gasteiger partial charge in [0.05, 0.1) is 16.6 Å². The van der Waals surface area contributed by atoms with E-state index in [-0.39, 0.29) is 35.6 Å². The minimum absolute atomic E-state index is 0.00417. The van der Waals surface area contributed by atoms with E-state index in [4.69, 9.17) is 9.07 Å². The zero-order valence-electron chi connectivity index (χ0n) is 23.3. The quantitative estimate of drug-likeness (QED) is 0.422. The summed E-state index contributed by atoms with van der Waals surface area (Å²) in [6.07, 6.45) is 6.27.